The molecule has 1 aromatic rings. The van der Waals surface area contributed by atoms with Gasteiger partial charge in [-0.1, -0.05) is 26.1 Å². The smallest absolute Gasteiger partial charge is 0.119 e. The van der Waals surface area contributed by atoms with Crippen molar-refractivity contribution >= 4 is 17.2 Å². The maximum atomic E-state index is 5.77. The normalized spacial score (nSPS) is 23.0. The van der Waals surface area contributed by atoms with E-state index in [0.29, 0.717) is 4.99 Å². The molecule has 0 radical (unpaired) electrons. The Labute approximate surface area is 133 Å². The lowest BCUT2D eigenvalue weighted by atomic mass is 9.89. The third kappa shape index (κ3) is 4.97. The Morgan fingerprint density at radius 1 is 1.29 bits per heavy atom. The van der Waals surface area contributed by atoms with Gasteiger partial charge in [-0.3, -0.25) is 0 Å². The van der Waals surface area contributed by atoms with Crippen LogP contribution in [0.1, 0.15) is 32.3 Å². The van der Waals surface area contributed by atoms with Gasteiger partial charge in [0.1, 0.15) is 10.7 Å². The number of thiocarbonyl (C=S) groups is 1. The highest BCUT2D eigenvalue weighted by Gasteiger charge is 2.21. The van der Waals surface area contributed by atoms with Gasteiger partial charge in [-0.05, 0) is 55.5 Å². The molecule has 1 fully saturated rings. The first-order valence-corrected chi connectivity index (χ1v) is 8.22. The molecular formula is C17H26N2OS. The van der Waals surface area contributed by atoms with Crippen LogP contribution in [0.4, 0.5) is 0 Å². The maximum Gasteiger partial charge on any atom is 0.119 e. The Morgan fingerprint density at radius 2 is 2.00 bits per heavy atom. The van der Waals surface area contributed by atoms with Gasteiger partial charge in [-0.2, -0.15) is 0 Å². The Morgan fingerprint density at radius 3 is 2.62 bits per heavy atom. The number of rotatable bonds is 6. The molecule has 2 atom stereocenters. The van der Waals surface area contributed by atoms with Gasteiger partial charge in [-0.25, -0.2) is 0 Å². The van der Waals surface area contributed by atoms with E-state index in [4.69, 9.17) is 22.7 Å². The summed E-state index contributed by atoms with van der Waals surface area (Å²) in [7, 11) is 0. The summed E-state index contributed by atoms with van der Waals surface area (Å²) in [5, 5.41) is 0. The minimum Gasteiger partial charge on any atom is -0.494 e. The molecule has 2 unspecified atom stereocenters. The zero-order valence-corrected chi connectivity index (χ0v) is 13.9. The van der Waals surface area contributed by atoms with E-state index < -0.39 is 0 Å². The molecular weight excluding hydrogens is 280 g/mol. The van der Waals surface area contributed by atoms with Gasteiger partial charge < -0.3 is 15.4 Å². The second-order valence-electron chi connectivity index (χ2n) is 6.13. The number of hydrogen-bond acceptors (Lipinski definition) is 3. The number of nitrogens with two attached hydrogens (primary N) is 1. The maximum absolute atomic E-state index is 5.77. The van der Waals surface area contributed by atoms with Crippen LogP contribution in [-0.4, -0.2) is 36.1 Å². The second kappa shape index (κ2) is 7.76. The molecule has 4 heteroatoms. The van der Waals surface area contributed by atoms with Gasteiger partial charge in [0.15, 0.2) is 0 Å². The molecule has 3 nitrogen and oxygen atoms in total. The summed E-state index contributed by atoms with van der Waals surface area (Å²) in [6, 6.07) is 7.68. The van der Waals surface area contributed by atoms with E-state index in [1.54, 1.807) is 0 Å². The lowest BCUT2D eigenvalue weighted by Crippen LogP contribution is -2.39. The second-order valence-corrected chi connectivity index (χ2v) is 6.57. The molecule has 0 aliphatic carbocycles. The predicted molar refractivity (Wildman–Crippen MR) is 91.8 cm³/mol. The Hall–Kier alpha value is -1.13. The quantitative estimate of drug-likeness (QED) is 0.647. The molecule has 116 valence electrons. The SMILES string of the molecule is CC1CCN(CCCOc2ccc(C(N)=S)cc2)CC1C. The van der Waals surface area contributed by atoms with Crippen LogP contribution in [0.25, 0.3) is 0 Å². The number of ether oxygens (including phenoxy) is 1. The van der Waals surface area contributed by atoms with E-state index in [1.165, 1.54) is 19.5 Å². The number of benzene rings is 1. The highest BCUT2D eigenvalue weighted by Crippen LogP contribution is 2.22. The number of hydrogen-bond donors (Lipinski definition) is 1. The molecule has 2 rings (SSSR count). The van der Waals surface area contributed by atoms with E-state index in [2.05, 4.69) is 18.7 Å². The van der Waals surface area contributed by atoms with Gasteiger partial charge in [-0.15, -0.1) is 0 Å². The molecule has 2 N–H and O–H groups in total. The molecule has 1 saturated heterocycles. The average Bonchev–Trinajstić information content (AvgIpc) is 2.47. The van der Waals surface area contributed by atoms with Crippen molar-refractivity contribution in [1.82, 2.24) is 4.90 Å². The molecule has 1 aliphatic heterocycles. The monoisotopic (exact) mass is 306 g/mol. The summed E-state index contributed by atoms with van der Waals surface area (Å²) in [6.07, 6.45) is 2.39. The summed E-state index contributed by atoms with van der Waals surface area (Å²) >= 11 is 4.93. The molecule has 0 amide bonds. The fourth-order valence-corrected chi connectivity index (χ4v) is 2.88. The van der Waals surface area contributed by atoms with Crippen LogP contribution >= 0.6 is 12.2 Å². The zero-order valence-electron chi connectivity index (χ0n) is 13.0. The lowest BCUT2D eigenvalue weighted by molar-refractivity contribution is 0.130. The first-order valence-electron chi connectivity index (χ1n) is 7.81. The summed E-state index contributed by atoms with van der Waals surface area (Å²) in [5.74, 6) is 2.56. The van der Waals surface area contributed by atoms with Crippen molar-refractivity contribution < 1.29 is 4.74 Å². The minimum absolute atomic E-state index is 0.426. The molecule has 0 spiro atoms. The lowest BCUT2D eigenvalue weighted by Gasteiger charge is -2.35. The number of likely N-dealkylation sites (tertiary alicyclic amines) is 1. The van der Waals surface area contributed by atoms with Gasteiger partial charge >= 0.3 is 0 Å². The van der Waals surface area contributed by atoms with Crippen molar-refractivity contribution in [3.63, 3.8) is 0 Å². The molecule has 1 aromatic carbocycles. The topological polar surface area (TPSA) is 38.5 Å². The molecule has 21 heavy (non-hydrogen) atoms. The van der Waals surface area contributed by atoms with Crippen molar-refractivity contribution in [2.24, 2.45) is 17.6 Å². The highest BCUT2D eigenvalue weighted by atomic mass is 32.1. The Balaban J connectivity index is 1.66. The summed E-state index contributed by atoms with van der Waals surface area (Å²) in [6.45, 7) is 9.06. The number of nitrogens with zero attached hydrogens (tertiary/aromatic N) is 1. The summed E-state index contributed by atoms with van der Waals surface area (Å²) < 4.78 is 5.77. The highest BCUT2D eigenvalue weighted by molar-refractivity contribution is 7.80. The molecule has 0 bridgehead atoms. The zero-order chi connectivity index (χ0) is 15.2. The van der Waals surface area contributed by atoms with Crippen LogP contribution < -0.4 is 10.5 Å². The summed E-state index contributed by atoms with van der Waals surface area (Å²) in [4.78, 5) is 2.99. The van der Waals surface area contributed by atoms with E-state index in [1.807, 2.05) is 24.3 Å². The van der Waals surface area contributed by atoms with Crippen LogP contribution in [0, 0.1) is 11.8 Å². The fraction of sp³-hybridized carbons (Fsp3) is 0.588. The van der Waals surface area contributed by atoms with Gasteiger partial charge in [0.05, 0.1) is 6.61 Å². The van der Waals surface area contributed by atoms with Crippen LogP contribution in [0.3, 0.4) is 0 Å². The average molecular weight is 306 g/mol. The van der Waals surface area contributed by atoms with E-state index in [-0.39, 0.29) is 0 Å². The molecule has 1 heterocycles. The molecule has 1 aliphatic rings. The van der Waals surface area contributed by atoms with Crippen LogP contribution in [0.15, 0.2) is 24.3 Å². The van der Waals surface area contributed by atoms with Crippen molar-refractivity contribution in [2.75, 3.05) is 26.2 Å². The predicted octanol–water partition coefficient (Wildman–Crippen LogP) is 3.07. The van der Waals surface area contributed by atoms with Gasteiger partial charge in [0.25, 0.3) is 0 Å². The van der Waals surface area contributed by atoms with E-state index in [0.717, 1.165) is 42.7 Å². The van der Waals surface area contributed by atoms with E-state index >= 15 is 0 Å². The van der Waals surface area contributed by atoms with Crippen molar-refractivity contribution in [3.05, 3.63) is 29.8 Å². The van der Waals surface area contributed by atoms with Gasteiger partial charge in [0.2, 0.25) is 0 Å². The molecule has 0 aromatic heterocycles. The van der Waals surface area contributed by atoms with Crippen LogP contribution in [0.5, 0.6) is 5.75 Å². The largest absolute Gasteiger partial charge is 0.494 e. The van der Waals surface area contributed by atoms with Crippen LogP contribution in [-0.2, 0) is 0 Å². The van der Waals surface area contributed by atoms with Crippen LogP contribution in [0.2, 0.25) is 0 Å². The fourth-order valence-electron chi connectivity index (χ4n) is 2.75. The third-order valence-corrected chi connectivity index (χ3v) is 4.68. The third-order valence-electron chi connectivity index (χ3n) is 4.44. The molecule has 0 saturated carbocycles. The Bertz CT molecular complexity index is 460. The Kier molecular flexibility index (Phi) is 6.00. The van der Waals surface area contributed by atoms with Crippen molar-refractivity contribution in [2.45, 2.75) is 26.7 Å². The van der Waals surface area contributed by atoms with E-state index in [9.17, 15) is 0 Å². The minimum atomic E-state index is 0.426. The number of piperidine rings is 1. The standard InChI is InChI=1S/C17H26N2OS/c1-13-8-10-19(12-14(13)2)9-3-11-20-16-6-4-15(5-7-16)17(18)21/h4-7,13-14H,3,8-12H2,1-2H3,(H2,18,21). The first-order chi connectivity index (χ1) is 10.1. The first kappa shape index (κ1) is 16.2. The summed E-state index contributed by atoms with van der Waals surface area (Å²) in [5.41, 5.74) is 6.46. The van der Waals surface area contributed by atoms with Crippen molar-refractivity contribution in [1.29, 1.82) is 0 Å². The van der Waals surface area contributed by atoms with Gasteiger partial charge in [0, 0.05) is 18.7 Å². The van der Waals surface area contributed by atoms with Crippen molar-refractivity contribution in [3.8, 4) is 5.75 Å².